The monoisotopic (exact) mass is 483 g/mol. The number of hydrogen-bond donors (Lipinski definition) is 0. The van der Waals surface area contributed by atoms with Crippen LogP contribution in [0, 0.1) is 0 Å². The molecule has 0 radical (unpaired) electrons. The summed E-state index contributed by atoms with van der Waals surface area (Å²) in [5, 5.41) is 4.41. The number of thioether (sulfide) groups is 1. The van der Waals surface area contributed by atoms with Gasteiger partial charge in [0.25, 0.3) is 11.1 Å². The van der Waals surface area contributed by atoms with Crippen molar-refractivity contribution in [3.63, 3.8) is 0 Å². The van der Waals surface area contributed by atoms with Gasteiger partial charge in [0.15, 0.2) is 0 Å². The number of ether oxygens (including phenoxy) is 2. The van der Waals surface area contributed by atoms with Crippen LogP contribution in [0.2, 0.25) is 0 Å². The Hall–Kier alpha value is -4.30. The van der Waals surface area contributed by atoms with Gasteiger partial charge in [-0.3, -0.25) is 9.59 Å². The summed E-state index contributed by atoms with van der Waals surface area (Å²) < 4.78 is 12.4. The lowest BCUT2D eigenvalue weighted by Gasteiger charge is -2.15. The van der Waals surface area contributed by atoms with Gasteiger partial charge in [-0.1, -0.05) is 30.3 Å². The van der Waals surface area contributed by atoms with E-state index in [0.717, 1.165) is 33.7 Å². The van der Waals surface area contributed by atoms with Gasteiger partial charge in [0.1, 0.15) is 11.5 Å². The first-order valence-corrected chi connectivity index (χ1v) is 11.6. The molecular formula is C27H21N3O4S. The number of hydrogen-bond acceptors (Lipinski definition) is 6. The van der Waals surface area contributed by atoms with Gasteiger partial charge in [-0.2, -0.15) is 5.10 Å². The average molecular weight is 484 g/mol. The third-order valence-electron chi connectivity index (χ3n) is 5.53. The maximum Gasteiger partial charge on any atom is 0.298 e. The number of carbonyl (C=O) groups is 2. The van der Waals surface area contributed by atoms with Crippen molar-refractivity contribution in [2.24, 2.45) is 0 Å². The first-order valence-electron chi connectivity index (χ1n) is 10.8. The van der Waals surface area contributed by atoms with Gasteiger partial charge >= 0.3 is 0 Å². The fraction of sp³-hybridized carbons (Fsp3) is 0.0741. The maximum atomic E-state index is 13.3. The minimum absolute atomic E-state index is 0.309. The predicted octanol–water partition coefficient (Wildman–Crippen LogP) is 5.80. The van der Waals surface area contributed by atoms with E-state index in [2.05, 4.69) is 0 Å². The average Bonchev–Trinajstić information content (AvgIpc) is 3.44. The standard InChI is InChI=1S/C27H21N3O4S/c1-33-21-14-12-18(13-15-21)25-19(17-29(28-25)20-8-4-3-5-9-20)16-24-26(31)30(27(32)35-24)22-10-6-7-11-23(22)34-2/h3-17H,1-2H3/b24-16-. The largest absolute Gasteiger partial charge is 0.497 e. The highest BCUT2D eigenvalue weighted by atomic mass is 32.2. The summed E-state index contributed by atoms with van der Waals surface area (Å²) in [4.78, 5) is 27.6. The van der Waals surface area contributed by atoms with Crippen LogP contribution in [0.1, 0.15) is 5.56 Å². The van der Waals surface area contributed by atoms with Crippen LogP contribution < -0.4 is 14.4 Å². The van der Waals surface area contributed by atoms with Crippen molar-refractivity contribution in [2.75, 3.05) is 19.1 Å². The zero-order valence-corrected chi connectivity index (χ0v) is 19.9. The SMILES string of the molecule is COc1ccc(-c2nn(-c3ccccc3)cc2/C=C2\SC(=O)N(c3ccccc3OC)C2=O)cc1. The lowest BCUT2D eigenvalue weighted by molar-refractivity contribution is -0.113. The number of methoxy groups -OCH3 is 2. The predicted molar refractivity (Wildman–Crippen MR) is 137 cm³/mol. The minimum Gasteiger partial charge on any atom is -0.497 e. The van der Waals surface area contributed by atoms with Crippen molar-refractivity contribution in [1.29, 1.82) is 0 Å². The zero-order valence-electron chi connectivity index (χ0n) is 19.0. The molecule has 1 aliphatic rings. The number of carbonyl (C=O) groups excluding carboxylic acids is 2. The van der Waals surface area contributed by atoms with Crippen molar-refractivity contribution >= 4 is 34.7 Å². The summed E-state index contributed by atoms with van der Waals surface area (Å²) in [6.07, 6.45) is 3.57. The molecule has 35 heavy (non-hydrogen) atoms. The number of anilines is 1. The van der Waals surface area contributed by atoms with Gasteiger partial charge in [0, 0.05) is 17.3 Å². The van der Waals surface area contributed by atoms with Crippen LogP contribution in [-0.4, -0.2) is 35.1 Å². The Bertz CT molecular complexity index is 1430. The van der Waals surface area contributed by atoms with Gasteiger partial charge in [0.05, 0.1) is 36.2 Å². The lowest BCUT2D eigenvalue weighted by atomic mass is 10.1. The number of imide groups is 1. The van der Waals surface area contributed by atoms with Crippen molar-refractivity contribution in [3.8, 4) is 28.4 Å². The van der Waals surface area contributed by atoms with E-state index in [4.69, 9.17) is 14.6 Å². The molecule has 7 nitrogen and oxygen atoms in total. The minimum atomic E-state index is -0.405. The molecule has 0 bridgehead atoms. The Morgan fingerprint density at radius 3 is 2.29 bits per heavy atom. The van der Waals surface area contributed by atoms with Gasteiger partial charge in [-0.05, 0) is 66.4 Å². The van der Waals surface area contributed by atoms with E-state index in [1.807, 2.05) is 60.8 Å². The highest BCUT2D eigenvalue weighted by Gasteiger charge is 2.38. The summed E-state index contributed by atoms with van der Waals surface area (Å²) >= 11 is 0.892. The van der Waals surface area contributed by atoms with E-state index in [1.165, 1.54) is 7.11 Å². The number of benzene rings is 3. The Balaban J connectivity index is 1.58. The summed E-state index contributed by atoms with van der Waals surface area (Å²) in [7, 11) is 3.12. The third kappa shape index (κ3) is 4.31. The molecule has 1 saturated heterocycles. The number of para-hydroxylation sites is 3. The highest BCUT2D eigenvalue weighted by molar-refractivity contribution is 8.19. The topological polar surface area (TPSA) is 73.7 Å². The van der Waals surface area contributed by atoms with E-state index in [9.17, 15) is 9.59 Å². The summed E-state index contributed by atoms with van der Waals surface area (Å²) in [6, 6.07) is 24.2. The number of nitrogens with zero attached hydrogens (tertiary/aromatic N) is 3. The van der Waals surface area contributed by atoms with Crippen molar-refractivity contribution < 1.29 is 19.1 Å². The Labute approximate surface area is 206 Å². The first-order chi connectivity index (χ1) is 17.1. The molecule has 0 unspecified atom stereocenters. The van der Waals surface area contributed by atoms with Crippen LogP contribution in [0.25, 0.3) is 23.0 Å². The van der Waals surface area contributed by atoms with Crippen molar-refractivity contribution in [2.45, 2.75) is 0 Å². The molecule has 0 saturated carbocycles. The van der Waals surface area contributed by atoms with Crippen LogP contribution in [0.3, 0.4) is 0 Å². The molecule has 1 aromatic heterocycles. The highest BCUT2D eigenvalue weighted by Crippen LogP contribution is 2.40. The lowest BCUT2D eigenvalue weighted by Crippen LogP contribution is -2.28. The van der Waals surface area contributed by atoms with E-state index in [-0.39, 0.29) is 5.24 Å². The molecular weight excluding hydrogens is 462 g/mol. The molecule has 1 aliphatic heterocycles. The Morgan fingerprint density at radius 2 is 1.57 bits per heavy atom. The Morgan fingerprint density at radius 1 is 0.857 bits per heavy atom. The normalized spacial score (nSPS) is 14.6. The van der Waals surface area contributed by atoms with Crippen molar-refractivity contribution in [1.82, 2.24) is 9.78 Å². The fourth-order valence-electron chi connectivity index (χ4n) is 3.81. The quantitative estimate of drug-likeness (QED) is 0.323. The number of amides is 2. The van der Waals surface area contributed by atoms with Crippen LogP contribution in [0.4, 0.5) is 10.5 Å². The van der Waals surface area contributed by atoms with Crippen molar-refractivity contribution in [3.05, 3.63) is 95.5 Å². The molecule has 0 aliphatic carbocycles. The molecule has 5 rings (SSSR count). The van der Waals surface area contributed by atoms with E-state index in [0.29, 0.717) is 27.6 Å². The van der Waals surface area contributed by atoms with Gasteiger partial charge in [-0.25, -0.2) is 9.58 Å². The van der Waals surface area contributed by atoms with Crippen LogP contribution >= 0.6 is 11.8 Å². The van der Waals surface area contributed by atoms with Crippen LogP contribution in [-0.2, 0) is 4.79 Å². The maximum absolute atomic E-state index is 13.3. The smallest absolute Gasteiger partial charge is 0.298 e. The van der Waals surface area contributed by atoms with Gasteiger partial charge in [-0.15, -0.1) is 0 Å². The van der Waals surface area contributed by atoms with Crippen LogP contribution in [0.5, 0.6) is 11.5 Å². The van der Waals surface area contributed by atoms with Crippen LogP contribution in [0.15, 0.2) is 90.0 Å². The molecule has 3 aromatic carbocycles. The molecule has 174 valence electrons. The molecule has 0 spiro atoms. The molecule has 0 N–H and O–H groups in total. The fourth-order valence-corrected chi connectivity index (χ4v) is 4.64. The van der Waals surface area contributed by atoms with Gasteiger partial charge in [0.2, 0.25) is 0 Å². The number of aromatic nitrogens is 2. The zero-order chi connectivity index (χ0) is 24.4. The first kappa shape index (κ1) is 22.5. The Kier molecular flexibility index (Phi) is 6.12. The molecule has 2 amide bonds. The second-order valence-corrected chi connectivity index (χ2v) is 8.62. The van der Waals surface area contributed by atoms with E-state index < -0.39 is 5.91 Å². The summed E-state index contributed by atoms with van der Waals surface area (Å²) in [6.45, 7) is 0. The second kappa shape index (κ2) is 9.52. The van der Waals surface area contributed by atoms with Gasteiger partial charge < -0.3 is 9.47 Å². The second-order valence-electron chi connectivity index (χ2n) is 7.63. The molecule has 4 aromatic rings. The molecule has 2 heterocycles. The molecule has 8 heteroatoms. The third-order valence-corrected chi connectivity index (χ3v) is 6.40. The summed E-state index contributed by atoms with van der Waals surface area (Å²) in [5.41, 5.74) is 3.54. The molecule has 1 fully saturated rings. The number of rotatable bonds is 6. The molecule has 0 atom stereocenters. The van der Waals surface area contributed by atoms with E-state index >= 15 is 0 Å². The van der Waals surface area contributed by atoms with E-state index in [1.54, 1.807) is 42.1 Å². The summed E-state index contributed by atoms with van der Waals surface area (Å²) in [5.74, 6) is 0.778.